The van der Waals surface area contributed by atoms with E-state index in [1.54, 1.807) is 13.8 Å². The van der Waals surface area contributed by atoms with E-state index in [-0.39, 0.29) is 13.2 Å². The molecular weight excluding hydrogens is 164 g/mol. The van der Waals surface area contributed by atoms with E-state index in [1.807, 2.05) is 0 Å². The van der Waals surface area contributed by atoms with Crippen molar-refractivity contribution in [2.45, 2.75) is 58.8 Å². The average molecular weight is 190 g/mol. The summed E-state index contributed by atoms with van der Waals surface area (Å²) < 4.78 is 0. The van der Waals surface area contributed by atoms with Gasteiger partial charge in [-0.05, 0) is 13.8 Å². The lowest BCUT2D eigenvalue weighted by Gasteiger charge is -1.85. The van der Waals surface area contributed by atoms with Crippen LogP contribution in [0.15, 0.2) is 0 Å². The number of hydrogen-bond donors (Lipinski definition) is 2. The topological polar surface area (TPSA) is 40.5 Å². The zero-order valence-electron chi connectivity index (χ0n) is 9.26. The van der Waals surface area contributed by atoms with E-state index in [0.717, 1.165) is 0 Å². The first-order valence-corrected chi connectivity index (χ1v) is 5.55. The maximum absolute atomic E-state index is 7.57. The van der Waals surface area contributed by atoms with Crippen LogP contribution in [0.5, 0.6) is 0 Å². The molecule has 0 bridgehead atoms. The Labute approximate surface area is 83.0 Å². The van der Waals surface area contributed by atoms with Crippen LogP contribution in [0, 0.1) is 0 Å². The Bertz CT molecular complexity index is 43.5. The van der Waals surface area contributed by atoms with Gasteiger partial charge >= 0.3 is 0 Å². The van der Waals surface area contributed by atoms with Gasteiger partial charge in [0.15, 0.2) is 0 Å². The van der Waals surface area contributed by atoms with Crippen molar-refractivity contribution in [2.24, 2.45) is 0 Å². The van der Waals surface area contributed by atoms with Gasteiger partial charge in [0, 0.05) is 13.2 Å². The molecule has 0 aliphatic heterocycles. The molecule has 0 atom stereocenters. The number of aliphatic hydroxyl groups excluding tert-OH is 2. The second-order valence-corrected chi connectivity index (χ2v) is 3.11. The highest BCUT2D eigenvalue weighted by Crippen LogP contribution is 2.15. The Morgan fingerprint density at radius 1 is 0.615 bits per heavy atom. The predicted octanol–water partition coefficient (Wildman–Crippen LogP) is 2.73. The summed E-state index contributed by atoms with van der Waals surface area (Å²) in [6.45, 7) is 3.86. The van der Waals surface area contributed by atoms with Crippen LogP contribution in [0.1, 0.15) is 58.8 Å². The van der Waals surface area contributed by atoms with Gasteiger partial charge in [0.1, 0.15) is 0 Å². The first-order valence-electron chi connectivity index (χ1n) is 5.55. The zero-order valence-corrected chi connectivity index (χ0v) is 9.26. The molecule has 1 fully saturated rings. The molecule has 13 heavy (non-hydrogen) atoms. The van der Waals surface area contributed by atoms with Gasteiger partial charge in [-0.25, -0.2) is 0 Å². The van der Waals surface area contributed by atoms with E-state index in [2.05, 4.69) is 0 Å². The van der Waals surface area contributed by atoms with Crippen molar-refractivity contribution in [1.29, 1.82) is 0 Å². The third kappa shape index (κ3) is 24.5. The smallest absolute Gasteiger partial charge is 0.0402 e. The lowest BCUT2D eigenvalue weighted by molar-refractivity contribution is 0.318. The van der Waals surface area contributed by atoms with Gasteiger partial charge in [-0.1, -0.05) is 44.9 Å². The third-order valence-corrected chi connectivity index (χ3v) is 1.75. The molecule has 1 saturated carbocycles. The Hall–Kier alpha value is -0.0800. The van der Waals surface area contributed by atoms with E-state index in [4.69, 9.17) is 10.2 Å². The highest BCUT2D eigenvalue weighted by atomic mass is 16.3. The summed E-state index contributed by atoms with van der Waals surface area (Å²) in [6.07, 6.45) is 10.5. The Morgan fingerprint density at radius 3 is 0.769 bits per heavy atom. The normalized spacial score (nSPS) is 15.7. The van der Waals surface area contributed by atoms with Crippen LogP contribution in [0.4, 0.5) is 0 Å². The molecule has 0 saturated heterocycles. The second kappa shape index (κ2) is 17.9. The molecular formula is C11H26O2. The summed E-state index contributed by atoms with van der Waals surface area (Å²) in [4.78, 5) is 0. The molecule has 1 aliphatic rings. The average Bonchev–Trinajstić information content (AvgIpc) is 2.37. The molecule has 82 valence electrons. The first-order chi connectivity index (χ1) is 6.33. The summed E-state index contributed by atoms with van der Waals surface area (Å²) in [5, 5.41) is 15.1. The molecule has 0 unspecified atom stereocenters. The number of rotatable bonds is 0. The van der Waals surface area contributed by atoms with Crippen molar-refractivity contribution in [3.8, 4) is 0 Å². The molecule has 0 aromatic carbocycles. The Kier molecular flexibility index (Phi) is 21.2. The summed E-state index contributed by atoms with van der Waals surface area (Å²) in [5.41, 5.74) is 0. The molecule has 0 aromatic heterocycles. The molecule has 2 heteroatoms. The minimum absolute atomic E-state index is 0.250. The minimum atomic E-state index is 0.250. The van der Waals surface area contributed by atoms with E-state index in [9.17, 15) is 0 Å². The lowest BCUT2D eigenvalue weighted by Crippen LogP contribution is -1.66. The van der Waals surface area contributed by atoms with Gasteiger partial charge in [-0.3, -0.25) is 0 Å². The monoisotopic (exact) mass is 190 g/mol. The molecule has 1 aliphatic carbocycles. The summed E-state index contributed by atoms with van der Waals surface area (Å²) in [6, 6.07) is 0. The molecule has 2 nitrogen and oxygen atoms in total. The summed E-state index contributed by atoms with van der Waals surface area (Å²) in [5.74, 6) is 0. The maximum Gasteiger partial charge on any atom is 0.0402 e. The van der Waals surface area contributed by atoms with Crippen LogP contribution in [-0.2, 0) is 0 Å². The fourth-order valence-electron chi connectivity index (χ4n) is 1.24. The third-order valence-electron chi connectivity index (χ3n) is 1.75. The Morgan fingerprint density at radius 2 is 0.692 bits per heavy atom. The summed E-state index contributed by atoms with van der Waals surface area (Å²) in [7, 11) is 0. The van der Waals surface area contributed by atoms with Crippen LogP contribution >= 0.6 is 0 Å². The largest absolute Gasteiger partial charge is 0.397 e. The van der Waals surface area contributed by atoms with Gasteiger partial charge in [0.2, 0.25) is 0 Å². The van der Waals surface area contributed by atoms with Crippen molar-refractivity contribution in [3.05, 3.63) is 0 Å². The highest BCUT2D eigenvalue weighted by Gasteiger charge is 1.95. The van der Waals surface area contributed by atoms with Crippen molar-refractivity contribution in [1.82, 2.24) is 0 Å². The minimum Gasteiger partial charge on any atom is -0.397 e. The molecule has 0 radical (unpaired) electrons. The van der Waals surface area contributed by atoms with Gasteiger partial charge in [-0.2, -0.15) is 0 Å². The standard InChI is InChI=1S/C7H14.2C2H6O/c1-2-4-6-7-5-3-1;2*1-2-3/h1-7H2;2*3H,2H2,1H3. The number of aliphatic hydroxyl groups is 2. The fourth-order valence-corrected chi connectivity index (χ4v) is 1.24. The van der Waals surface area contributed by atoms with Crippen molar-refractivity contribution >= 4 is 0 Å². The Balaban J connectivity index is 0. The molecule has 0 heterocycles. The van der Waals surface area contributed by atoms with E-state index < -0.39 is 0 Å². The van der Waals surface area contributed by atoms with E-state index >= 15 is 0 Å². The van der Waals surface area contributed by atoms with Gasteiger partial charge < -0.3 is 10.2 Å². The highest BCUT2D eigenvalue weighted by molar-refractivity contribution is 4.51. The summed E-state index contributed by atoms with van der Waals surface area (Å²) >= 11 is 0. The zero-order chi connectivity index (χ0) is 10.4. The van der Waals surface area contributed by atoms with Crippen LogP contribution < -0.4 is 0 Å². The SMILES string of the molecule is C1CCCCCC1.CCO.CCO. The van der Waals surface area contributed by atoms with Crippen molar-refractivity contribution in [2.75, 3.05) is 13.2 Å². The number of hydrogen-bond acceptors (Lipinski definition) is 2. The predicted molar refractivity (Wildman–Crippen MR) is 57.8 cm³/mol. The van der Waals surface area contributed by atoms with Gasteiger partial charge in [0.25, 0.3) is 0 Å². The van der Waals surface area contributed by atoms with Crippen molar-refractivity contribution in [3.63, 3.8) is 0 Å². The molecule has 2 N–H and O–H groups in total. The van der Waals surface area contributed by atoms with E-state index in [0.29, 0.717) is 0 Å². The van der Waals surface area contributed by atoms with Crippen molar-refractivity contribution < 1.29 is 10.2 Å². The van der Waals surface area contributed by atoms with Crippen LogP contribution in [-0.4, -0.2) is 23.4 Å². The first kappa shape index (κ1) is 15.4. The second-order valence-electron chi connectivity index (χ2n) is 3.11. The lowest BCUT2D eigenvalue weighted by atomic mass is 10.2. The van der Waals surface area contributed by atoms with Gasteiger partial charge in [-0.15, -0.1) is 0 Å². The maximum atomic E-state index is 7.57. The molecule has 0 amide bonds. The molecule has 1 rings (SSSR count). The van der Waals surface area contributed by atoms with Crippen LogP contribution in [0.3, 0.4) is 0 Å². The quantitative estimate of drug-likeness (QED) is 0.577. The molecule has 0 spiro atoms. The molecule has 0 aromatic rings. The van der Waals surface area contributed by atoms with Crippen LogP contribution in [0.2, 0.25) is 0 Å². The fraction of sp³-hybridized carbons (Fsp3) is 1.00. The van der Waals surface area contributed by atoms with E-state index in [1.165, 1.54) is 44.9 Å². The van der Waals surface area contributed by atoms with Crippen LogP contribution in [0.25, 0.3) is 0 Å². The van der Waals surface area contributed by atoms with Gasteiger partial charge in [0.05, 0.1) is 0 Å².